The van der Waals surface area contributed by atoms with E-state index in [-0.39, 0.29) is 0 Å². The van der Waals surface area contributed by atoms with Crippen LogP contribution in [0.2, 0.25) is 0 Å². The van der Waals surface area contributed by atoms with Crippen molar-refractivity contribution in [2.75, 3.05) is 0 Å². The van der Waals surface area contributed by atoms with E-state index in [1.165, 1.54) is 32.1 Å². The highest BCUT2D eigenvalue weighted by atomic mass is 16.1. The standard InChI is InChI=1S/C13H22O/c1-2-3-4-5-6-7-8-12-9-10-13(14)11-12/h7-8,12H,2-6,9-11H2,1H3/b8-7+/t12-/m0/s1. The largest absolute Gasteiger partial charge is 0.300 e. The molecule has 1 heteroatoms. The molecule has 1 rings (SSSR count). The summed E-state index contributed by atoms with van der Waals surface area (Å²) >= 11 is 0. The van der Waals surface area contributed by atoms with Gasteiger partial charge in [0.15, 0.2) is 0 Å². The van der Waals surface area contributed by atoms with Gasteiger partial charge < -0.3 is 0 Å². The molecule has 1 atom stereocenters. The summed E-state index contributed by atoms with van der Waals surface area (Å²) in [5.74, 6) is 1.01. The van der Waals surface area contributed by atoms with Crippen LogP contribution in [0, 0.1) is 5.92 Å². The van der Waals surface area contributed by atoms with E-state index >= 15 is 0 Å². The smallest absolute Gasteiger partial charge is 0.133 e. The third-order valence-electron chi connectivity index (χ3n) is 2.92. The lowest BCUT2D eigenvalue weighted by atomic mass is 10.1. The van der Waals surface area contributed by atoms with E-state index < -0.39 is 0 Å². The third kappa shape index (κ3) is 4.59. The zero-order valence-electron chi connectivity index (χ0n) is 9.30. The Morgan fingerprint density at radius 1 is 1.36 bits per heavy atom. The molecule has 0 aromatic rings. The zero-order valence-corrected chi connectivity index (χ0v) is 9.30. The molecule has 1 aliphatic rings. The van der Waals surface area contributed by atoms with Gasteiger partial charge in [0, 0.05) is 12.8 Å². The molecular weight excluding hydrogens is 172 g/mol. The second-order valence-corrected chi connectivity index (χ2v) is 4.32. The molecule has 0 radical (unpaired) electrons. The van der Waals surface area contributed by atoms with Gasteiger partial charge >= 0.3 is 0 Å². The van der Waals surface area contributed by atoms with Crippen LogP contribution in [0.15, 0.2) is 12.2 Å². The second kappa shape index (κ2) is 6.80. The first-order valence-corrected chi connectivity index (χ1v) is 6.01. The molecule has 1 nitrogen and oxygen atoms in total. The zero-order chi connectivity index (χ0) is 10.2. The van der Waals surface area contributed by atoms with Gasteiger partial charge in [-0.1, -0.05) is 38.3 Å². The number of hydrogen-bond donors (Lipinski definition) is 0. The molecule has 0 saturated heterocycles. The minimum Gasteiger partial charge on any atom is -0.300 e. The van der Waals surface area contributed by atoms with Gasteiger partial charge in [-0.25, -0.2) is 0 Å². The molecule has 80 valence electrons. The maximum atomic E-state index is 11.0. The summed E-state index contributed by atoms with van der Waals surface area (Å²) in [6.45, 7) is 2.24. The van der Waals surface area contributed by atoms with E-state index in [2.05, 4.69) is 19.1 Å². The van der Waals surface area contributed by atoms with Gasteiger partial charge in [0.1, 0.15) is 5.78 Å². The monoisotopic (exact) mass is 194 g/mol. The number of carbonyl (C=O) groups excluding carboxylic acids is 1. The van der Waals surface area contributed by atoms with Crippen LogP contribution in [0.3, 0.4) is 0 Å². The quantitative estimate of drug-likeness (QED) is 0.463. The van der Waals surface area contributed by atoms with Gasteiger partial charge in [-0.15, -0.1) is 0 Å². The van der Waals surface area contributed by atoms with Crippen LogP contribution in [0.25, 0.3) is 0 Å². The first-order valence-electron chi connectivity index (χ1n) is 6.01. The predicted octanol–water partition coefficient (Wildman–Crippen LogP) is 3.88. The summed E-state index contributed by atoms with van der Waals surface area (Å²) in [5, 5.41) is 0. The Balaban J connectivity index is 2.00. The fourth-order valence-electron chi connectivity index (χ4n) is 1.98. The van der Waals surface area contributed by atoms with Crippen LogP contribution in [-0.2, 0) is 4.79 Å². The van der Waals surface area contributed by atoms with Crippen molar-refractivity contribution in [2.45, 2.75) is 58.3 Å². The number of Topliss-reactive ketones (excluding diaryl/α,β-unsaturated/α-hetero) is 1. The molecular formula is C13H22O. The van der Waals surface area contributed by atoms with Gasteiger partial charge in [-0.3, -0.25) is 4.79 Å². The minimum absolute atomic E-state index is 0.450. The predicted molar refractivity (Wildman–Crippen MR) is 60.2 cm³/mol. The van der Waals surface area contributed by atoms with Crippen LogP contribution in [0.5, 0.6) is 0 Å². The lowest BCUT2D eigenvalue weighted by molar-refractivity contribution is -0.117. The number of hydrogen-bond acceptors (Lipinski definition) is 1. The molecule has 0 aliphatic heterocycles. The molecule has 0 aromatic heterocycles. The van der Waals surface area contributed by atoms with Crippen molar-refractivity contribution in [3.8, 4) is 0 Å². The Morgan fingerprint density at radius 2 is 2.21 bits per heavy atom. The molecule has 14 heavy (non-hydrogen) atoms. The molecule has 0 aromatic carbocycles. The maximum Gasteiger partial charge on any atom is 0.133 e. The fourth-order valence-corrected chi connectivity index (χ4v) is 1.98. The fraction of sp³-hybridized carbons (Fsp3) is 0.769. The highest BCUT2D eigenvalue weighted by Gasteiger charge is 2.18. The molecule has 1 saturated carbocycles. The Morgan fingerprint density at radius 3 is 2.86 bits per heavy atom. The van der Waals surface area contributed by atoms with Gasteiger partial charge in [0.05, 0.1) is 0 Å². The van der Waals surface area contributed by atoms with Crippen molar-refractivity contribution in [1.29, 1.82) is 0 Å². The topological polar surface area (TPSA) is 17.1 Å². The normalized spacial score (nSPS) is 22.4. The number of carbonyl (C=O) groups is 1. The number of rotatable bonds is 6. The van der Waals surface area contributed by atoms with Crippen molar-refractivity contribution < 1.29 is 4.79 Å². The van der Waals surface area contributed by atoms with Crippen LogP contribution >= 0.6 is 0 Å². The lowest BCUT2D eigenvalue weighted by Gasteiger charge is -1.99. The van der Waals surface area contributed by atoms with E-state index in [0.29, 0.717) is 11.7 Å². The molecule has 0 amide bonds. The van der Waals surface area contributed by atoms with E-state index in [1.807, 2.05) is 0 Å². The average Bonchev–Trinajstić information content (AvgIpc) is 2.58. The minimum atomic E-state index is 0.450. The average molecular weight is 194 g/mol. The third-order valence-corrected chi connectivity index (χ3v) is 2.92. The molecule has 0 bridgehead atoms. The summed E-state index contributed by atoms with van der Waals surface area (Å²) in [4.78, 5) is 11.0. The Kier molecular flexibility index (Phi) is 5.58. The molecule has 0 unspecified atom stereocenters. The lowest BCUT2D eigenvalue weighted by Crippen LogP contribution is -1.89. The van der Waals surface area contributed by atoms with Gasteiger partial charge in [0.2, 0.25) is 0 Å². The van der Waals surface area contributed by atoms with Crippen LogP contribution < -0.4 is 0 Å². The van der Waals surface area contributed by atoms with Crippen molar-refractivity contribution in [3.05, 3.63) is 12.2 Å². The summed E-state index contributed by atoms with van der Waals surface area (Å²) in [6, 6.07) is 0. The SMILES string of the molecule is CCCCCC/C=C/[C@H]1CCC(=O)C1. The van der Waals surface area contributed by atoms with Gasteiger partial charge in [-0.2, -0.15) is 0 Å². The summed E-state index contributed by atoms with van der Waals surface area (Å²) in [7, 11) is 0. The highest BCUT2D eigenvalue weighted by Crippen LogP contribution is 2.23. The molecule has 0 N–H and O–H groups in total. The van der Waals surface area contributed by atoms with E-state index in [0.717, 1.165) is 19.3 Å². The van der Waals surface area contributed by atoms with E-state index in [4.69, 9.17) is 0 Å². The highest BCUT2D eigenvalue weighted by molar-refractivity contribution is 5.80. The maximum absolute atomic E-state index is 11.0. The summed E-state index contributed by atoms with van der Waals surface area (Å²) in [5.41, 5.74) is 0. The number of allylic oxidation sites excluding steroid dienone is 2. The number of ketones is 1. The van der Waals surface area contributed by atoms with Crippen molar-refractivity contribution in [1.82, 2.24) is 0 Å². The Hall–Kier alpha value is -0.590. The van der Waals surface area contributed by atoms with E-state index in [9.17, 15) is 4.79 Å². The van der Waals surface area contributed by atoms with E-state index in [1.54, 1.807) is 0 Å². The van der Waals surface area contributed by atoms with Crippen molar-refractivity contribution >= 4 is 5.78 Å². The van der Waals surface area contributed by atoms with Crippen LogP contribution in [-0.4, -0.2) is 5.78 Å². The molecule has 1 fully saturated rings. The molecule has 1 aliphatic carbocycles. The van der Waals surface area contributed by atoms with Crippen LogP contribution in [0.4, 0.5) is 0 Å². The number of unbranched alkanes of at least 4 members (excludes halogenated alkanes) is 4. The summed E-state index contributed by atoms with van der Waals surface area (Å²) in [6.07, 6.45) is 13.8. The molecule has 0 heterocycles. The second-order valence-electron chi connectivity index (χ2n) is 4.32. The van der Waals surface area contributed by atoms with Crippen LogP contribution in [0.1, 0.15) is 58.3 Å². The Labute approximate surface area is 87.6 Å². The summed E-state index contributed by atoms with van der Waals surface area (Å²) < 4.78 is 0. The van der Waals surface area contributed by atoms with Crippen molar-refractivity contribution in [2.24, 2.45) is 5.92 Å². The first-order chi connectivity index (χ1) is 6.83. The van der Waals surface area contributed by atoms with Crippen molar-refractivity contribution in [3.63, 3.8) is 0 Å². The van der Waals surface area contributed by atoms with Gasteiger partial charge in [-0.05, 0) is 25.2 Å². The van der Waals surface area contributed by atoms with Gasteiger partial charge in [0.25, 0.3) is 0 Å². The molecule has 0 spiro atoms. The Bertz CT molecular complexity index is 193. The first kappa shape index (κ1) is 11.5.